The third-order valence-electron chi connectivity index (χ3n) is 4.49. The van der Waals surface area contributed by atoms with E-state index in [2.05, 4.69) is 31.4 Å². The van der Waals surface area contributed by atoms with Crippen molar-refractivity contribution >= 4 is 27.7 Å². The van der Waals surface area contributed by atoms with E-state index in [4.69, 9.17) is 0 Å². The number of carbonyl (C=O) groups is 1. The van der Waals surface area contributed by atoms with Crippen LogP contribution >= 0.6 is 15.9 Å². The Morgan fingerprint density at radius 1 is 1.18 bits per heavy atom. The normalized spacial score (nSPS) is 10.9. The van der Waals surface area contributed by atoms with Crippen LogP contribution in [0.1, 0.15) is 22.6 Å². The fraction of sp³-hybridized carbons (Fsp3) is 0.278. The molecule has 3 aromatic rings. The Morgan fingerprint density at radius 2 is 1.86 bits per heavy atom. The van der Waals surface area contributed by atoms with Crippen molar-refractivity contribution in [3.8, 4) is 5.69 Å². The lowest BCUT2D eigenvalue weighted by Crippen LogP contribution is -2.28. The van der Waals surface area contributed by atoms with Crippen LogP contribution in [0.25, 0.3) is 5.69 Å². The summed E-state index contributed by atoms with van der Waals surface area (Å²) in [5.74, 6) is -0.597. The fourth-order valence-electron chi connectivity index (χ4n) is 2.91. The topological polar surface area (TPSA) is 108 Å². The van der Waals surface area contributed by atoms with Gasteiger partial charge in [0.05, 0.1) is 22.2 Å². The summed E-state index contributed by atoms with van der Waals surface area (Å²) in [6.07, 6.45) is 0. The number of nitro groups is 1. The van der Waals surface area contributed by atoms with Crippen LogP contribution in [0.4, 0.5) is 5.82 Å². The summed E-state index contributed by atoms with van der Waals surface area (Å²) >= 11 is 3.14. The highest BCUT2D eigenvalue weighted by Gasteiger charge is 2.24. The van der Waals surface area contributed by atoms with Gasteiger partial charge >= 0.3 is 5.82 Å². The van der Waals surface area contributed by atoms with Crippen LogP contribution in [-0.4, -0.2) is 30.4 Å². The minimum atomic E-state index is -0.587. The van der Waals surface area contributed by atoms with Gasteiger partial charge in [-0.2, -0.15) is 9.78 Å². The zero-order valence-electron chi connectivity index (χ0n) is 15.6. The molecule has 9 nitrogen and oxygen atoms in total. The zero-order chi connectivity index (χ0) is 20.4. The Balaban J connectivity index is 1.71. The lowest BCUT2D eigenvalue weighted by atomic mass is 10.2. The van der Waals surface area contributed by atoms with Gasteiger partial charge in [-0.1, -0.05) is 18.2 Å². The highest BCUT2D eigenvalue weighted by molar-refractivity contribution is 9.10. The first kappa shape index (κ1) is 19.7. The van der Waals surface area contributed by atoms with Crippen LogP contribution < -0.4 is 5.32 Å². The Bertz CT molecular complexity index is 1040. The number of nitrogens with one attached hydrogen (secondary N) is 1. The summed E-state index contributed by atoms with van der Waals surface area (Å²) in [5.41, 5.74) is 4.17. The molecule has 2 heterocycles. The van der Waals surface area contributed by atoms with Gasteiger partial charge in [-0.3, -0.25) is 4.79 Å². The molecule has 0 atom stereocenters. The number of aryl methyl sites for hydroxylation is 1. The van der Waals surface area contributed by atoms with E-state index in [0.717, 1.165) is 22.6 Å². The highest BCUT2D eigenvalue weighted by Crippen LogP contribution is 2.26. The quantitative estimate of drug-likeness (QED) is 0.462. The first-order valence-corrected chi connectivity index (χ1v) is 9.33. The molecular formula is C18H19BrN6O3. The number of rotatable bonds is 6. The molecule has 0 aliphatic heterocycles. The fourth-order valence-corrected chi connectivity index (χ4v) is 3.34. The van der Waals surface area contributed by atoms with Gasteiger partial charge < -0.3 is 15.4 Å². The Morgan fingerprint density at radius 3 is 2.46 bits per heavy atom. The minimum Gasteiger partial charge on any atom is -0.358 e. The standard InChI is InChI=1S/C18H19BrN6O3/c1-11-15(12(2)24(21-11)14-7-5-4-6-8-14)9-20-16(26)10-23-13(3)17(19)18(22-23)25(27)28/h4-8H,9-10H2,1-3H3,(H,20,26). The summed E-state index contributed by atoms with van der Waals surface area (Å²) in [6.45, 7) is 5.71. The van der Waals surface area contributed by atoms with Crippen molar-refractivity contribution in [3.63, 3.8) is 0 Å². The molecule has 0 unspecified atom stereocenters. The summed E-state index contributed by atoms with van der Waals surface area (Å²) in [4.78, 5) is 22.7. The molecule has 1 N–H and O–H groups in total. The Labute approximate surface area is 169 Å². The molecule has 28 heavy (non-hydrogen) atoms. The Kier molecular flexibility index (Phi) is 5.59. The van der Waals surface area contributed by atoms with E-state index in [-0.39, 0.29) is 22.7 Å². The second-order valence-electron chi connectivity index (χ2n) is 6.31. The molecule has 1 amide bonds. The lowest BCUT2D eigenvalue weighted by Gasteiger charge is -2.07. The van der Waals surface area contributed by atoms with E-state index in [1.165, 1.54) is 4.68 Å². The smallest absolute Gasteiger partial charge is 0.358 e. The molecule has 0 saturated heterocycles. The van der Waals surface area contributed by atoms with Crippen LogP contribution in [0, 0.1) is 30.9 Å². The first-order chi connectivity index (χ1) is 13.3. The third kappa shape index (κ3) is 3.81. The number of carbonyl (C=O) groups excluding carboxylic acids is 1. The third-order valence-corrected chi connectivity index (χ3v) is 5.42. The molecule has 0 spiro atoms. The molecule has 0 aliphatic rings. The van der Waals surface area contributed by atoms with E-state index >= 15 is 0 Å². The van der Waals surface area contributed by atoms with Gasteiger partial charge in [0.25, 0.3) is 0 Å². The second-order valence-corrected chi connectivity index (χ2v) is 7.10. The molecule has 0 aliphatic carbocycles. The van der Waals surface area contributed by atoms with Crippen LogP contribution in [0.15, 0.2) is 34.8 Å². The molecule has 0 fully saturated rings. The maximum absolute atomic E-state index is 12.3. The van der Waals surface area contributed by atoms with Crippen LogP contribution in [-0.2, 0) is 17.9 Å². The van der Waals surface area contributed by atoms with E-state index in [1.54, 1.807) is 6.92 Å². The molecule has 2 aromatic heterocycles. The van der Waals surface area contributed by atoms with E-state index in [1.807, 2.05) is 48.9 Å². The molecule has 0 bridgehead atoms. The number of aromatic nitrogens is 4. The minimum absolute atomic E-state index is 0.108. The predicted molar refractivity (Wildman–Crippen MR) is 106 cm³/mol. The van der Waals surface area contributed by atoms with Crippen molar-refractivity contribution < 1.29 is 9.72 Å². The molecule has 146 valence electrons. The van der Waals surface area contributed by atoms with E-state index < -0.39 is 4.92 Å². The van der Waals surface area contributed by atoms with Crippen molar-refractivity contribution in [2.75, 3.05) is 0 Å². The van der Waals surface area contributed by atoms with Crippen LogP contribution in [0.2, 0.25) is 0 Å². The predicted octanol–water partition coefficient (Wildman–Crippen LogP) is 2.98. The van der Waals surface area contributed by atoms with E-state index in [9.17, 15) is 14.9 Å². The van der Waals surface area contributed by atoms with Crippen LogP contribution in [0.3, 0.4) is 0 Å². The molecule has 1 aromatic carbocycles. The van der Waals surface area contributed by atoms with Crippen molar-refractivity contribution in [2.45, 2.75) is 33.9 Å². The number of halogens is 1. The monoisotopic (exact) mass is 446 g/mol. The van der Waals surface area contributed by atoms with Gasteiger partial charge in [0, 0.05) is 17.8 Å². The van der Waals surface area contributed by atoms with E-state index in [0.29, 0.717) is 12.2 Å². The summed E-state index contributed by atoms with van der Waals surface area (Å²) in [5, 5.41) is 22.2. The number of nitrogens with zero attached hydrogens (tertiary/aromatic N) is 5. The lowest BCUT2D eigenvalue weighted by molar-refractivity contribution is -0.390. The molecule has 0 saturated carbocycles. The van der Waals surface area contributed by atoms with Gasteiger partial charge in [0.15, 0.2) is 0 Å². The van der Waals surface area contributed by atoms with Gasteiger partial charge in [-0.05, 0) is 53.8 Å². The SMILES string of the molecule is Cc1nn(-c2ccccc2)c(C)c1CNC(=O)Cn1nc([N+](=O)[O-])c(Br)c1C. The maximum atomic E-state index is 12.3. The van der Waals surface area contributed by atoms with Gasteiger partial charge in [0.1, 0.15) is 11.0 Å². The van der Waals surface area contributed by atoms with Crippen molar-refractivity contribution in [2.24, 2.45) is 0 Å². The number of hydrogen-bond acceptors (Lipinski definition) is 5. The van der Waals surface area contributed by atoms with Crippen molar-refractivity contribution in [1.29, 1.82) is 0 Å². The van der Waals surface area contributed by atoms with Crippen molar-refractivity contribution in [3.05, 3.63) is 67.6 Å². The number of hydrogen-bond donors (Lipinski definition) is 1. The van der Waals surface area contributed by atoms with Gasteiger partial charge in [0.2, 0.25) is 5.91 Å². The molecule has 3 rings (SSSR count). The maximum Gasteiger partial charge on any atom is 0.404 e. The zero-order valence-corrected chi connectivity index (χ0v) is 17.2. The largest absolute Gasteiger partial charge is 0.404 e. The highest BCUT2D eigenvalue weighted by atomic mass is 79.9. The summed E-state index contributed by atoms with van der Waals surface area (Å²) in [6, 6.07) is 9.75. The molecule has 10 heteroatoms. The molecule has 0 radical (unpaired) electrons. The molecular weight excluding hydrogens is 428 g/mol. The average Bonchev–Trinajstić information content (AvgIpc) is 3.11. The number of amides is 1. The summed E-state index contributed by atoms with van der Waals surface area (Å²) < 4.78 is 3.43. The number of benzene rings is 1. The Hall–Kier alpha value is -3.01. The second kappa shape index (κ2) is 7.93. The number of para-hydroxylation sites is 1. The van der Waals surface area contributed by atoms with Crippen LogP contribution in [0.5, 0.6) is 0 Å². The van der Waals surface area contributed by atoms with Gasteiger partial charge in [-0.25, -0.2) is 4.68 Å². The van der Waals surface area contributed by atoms with Gasteiger partial charge in [-0.15, -0.1) is 0 Å². The summed E-state index contributed by atoms with van der Waals surface area (Å²) in [7, 11) is 0. The van der Waals surface area contributed by atoms with Crippen molar-refractivity contribution in [1.82, 2.24) is 24.9 Å². The first-order valence-electron chi connectivity index (χ1n) is 8.54. The average molecular weight is 447 g/mol.